The van der Waals surface area contributed by atoms with Crippen molar-refractivity contribution < 1.29 is 19.5 Å². The largest absolute Gasteiger partial charge is 0.480 e. The van der Waals surface area contributed by atoms with Gasteiger partial charge in [0.2, 0.25) is 11.8 Å². The molecule has 0 bridgehead atoms. The number of hydrogen-bond acceptors (Lipinski definition) is 3. The fourth-order valence-electron chi connectivity index (χ4n) is 1.73. The highest BCUT2D eigenvalue weighted by molar-refractivity contribution is 6.01. The number of imide groups is 1. The number of aliphatic carboxylic acids is 1. The average molecular weight is 213 g/mol. The second-order valence-electron chi connectivity index (χ2n) is 4.69. The highest BCUT2D eigenvalue weighted by Crippen LogP contribution is 2.32. The van der Waals surface area contributed by atoms with Crippen LogP contribution in [0.2, 0.25) is 0 Å². The van der Waals surface area contributed by atoms with Crippen LogP contribution in [-0.4, -0.2) is 33.8 Å². The molecular formula is C10H15NO4. The van der Waals surface area contributed by atoms with Gasteiger partial charge in [-0.1, -0.05) is 13.8 Å². The molecule has 0 spiro atoms. The van der Waals surface area contributed by atoms with E-state index >= 15 is 0 Å². The van der Waals surface area contributed by atoms with Gasteiger partial charge in [0, 0.05) is 12.8 Å². The van der Waals surface area contributed by atoms with Crippen molar-refractivity contribution in [3.05, 3.63) is 0 Å². The number of carboxylic acid groups (broad SMARTS) is 1. The standard InChI is InChI=1S/C10H15NO4/c1-6(9(14)15)11-7(12)4-10(2,3)5-8(11)13/h6H,4-5H2,1-3H3,(H,14,15). The van der Waals surface area contributed by atoms with Crippen LogP contribution in [0.15, 0.2) is 0 Å². The minimum absolute atomic E-state index is 0.219. The maximum atomic E-state index is 11.6. The van der Waals surface area contributed by atoms with E-state index in [4.69, 9.17) is 5.11 Å². The number of piperidine rings is 1. The van der Waals surface area contributed by atoms with Gasteiger partial charge < -0.3 is 5.11 Å². The van der Waals surface area contributed by atoms with Crippen LogP contribution in [0.3, 0.4) is 0 Å². The van der Waals surface area contributed by atoms with Crippen LogP contribution in [-0.2, 0) is 14.4 Å². The average Bonchev–Trinajstić information content (AvgIpc) is 1.99. The molecule has 0 aromatic rings. The molecule has 5 heteroatoms. The molecule has 1 rings (SSSR count). The van der Waals surface area contributed by atoms with Crippen molar-refractivity contribution in [1.82, 2.24) is 4.90 Å². The Bertz CT molecular complexity index is 301. The molecule has 1 heterocycles. The molecule has 1 aliphatic rings. The minimum Gasteiger partial charge on any atom is -0.480 e. The van der Waals surface area contributed by atoms with Gasteiger partial charge in [-0.3, -0.25) is 14.5 Å². The van der Waals surface area contributed by atoms with Crippen LogP contribution in [0.25, 0.3) is 0 Å². The fraction of sp³-hybridized carbons (Fsp3) is 0.700. The molecule has 1 saturated heterocycles. The van der Waals surface area contributed by atoms with Gasteiger partial charge in [0.25, 0.3) is 0 Å². The van der Waals surface area contributed by atoms with E-state index in [0.717, 1.165) is 4.90 Å². The third kappa shape index (κ3) is 2.34. The smallest absolute Gasteiger partial charge is 0.326 e. The Kier molecular flexibility index (Phi) is 2.83. The highest BCUT2D eigenvalue weighted by Gasteiger charge is 2.41. The summed E-state index contributed by atoms with van der Waals surface area (Å²) in [7, 11) is 0. The molecule has 1 fully saturated rings. The summed E-state index contributed by atoms with van der Waals surface area (Å²) >= 11 is 0. The van der Waals surface area contributed by atoms with Gasteiger partial charge in [0.05, 0.1) is 0 Å². The summed E-state index contributed by atoms with van der Waals surface area (Å²) in [4.78, 5) is 34.8. The summed E-state index contributed by atoms with van der Waals surface area (Å²) < 4.78 is 0. The number of carbonyl (C=O) groups excluding carboxylic acids is 2. The first-order valence-corrected chi connectivity index (χ1v) is 4.82. The van der Waals surface area contributed by atoms with Crippen molar-refractivity contribution in [3.63, 3.8) is 0 Å². The van der Waals surface area contributed by atoms with E-state index in [2.05, 4.69) is 0 Å². The number of carbonyl (C=O) groups is 3. The van der Waals surface area contributed by atoms with E-state index < -0.39 is 23.8 Å². The van der Waals surface area contributed by atoms with Gasteiger partial charge >= 0.3 is 5.97 Å². The first-order valence-electron chi connectivity index (χ1n) is 4.82. The van der Waals surface area contributed by atoms with Gasteiger partial charge in [-0.2, -0.15) is 0 Å². The Hall–Kier alpha value is -1.39. The van der Waals surface area contributed by atoms with Gasteiger partial charge in [-0.05, 0) is 12.3 Å². The topological polar surface area (TPSA) is 74.7 Å². The quantitative estimate of drug-likeness (QED) is 0.683. The molecule has 1 N–H and O–H groups in total. The minimum atomic E-state index is -1.16. The van der Waals surface area contributed by atoms with E-state index in [9.17, 15) is 14.4 Å². The van der Waals surface area contributed by atoms with Crippen LogP contribution >= 0.6 is 0 Å². The van der Waals surface area contributed by atoms with Crippen molar-refractivity contribution in [1.29, 1.82) is 0 Å². The second kappa shape index (κ2) is 3.64. The molecule has 0 radical (unpaired) electrons. The van der Waals surface area contributed by atoms with Gasteiger partial charge in [0.1, 0.15) is 6.04 Å². The summed E-state index contributed by atoms with van der Waals surface area (Å²) in [5.74, 6) is -1.95. The summed E-state index contributed by atoms with van der Waals surface area (Å²) in [6, 6.07) is -1.07. The van der Waals surface area contributed by atoms with Crippen LogP contribution < -0.4 is 0 Å². The molecule has 1 atom stereocenters. The maximum Gasteiger partial charge on any atom is 0.326 e. The maximum absolute atomic E-state index is 11.6. The third-order valence-corrected chi connectivity index (χ3v) is 2.54. The Morgan fingerprint density at radius 2 is 1.73 bits per heavy atom. The third-order valence-electron chi connectivity index (χ3n) is 2.54. The molecular weight excluding hydrogens is 198 g/mol. The molecule has 15 heavy (non-hydrogen) atoms. The summed E-state index contributed by atoms with van der Waals surface area (Å²) in [5.41, 5.74) is -0.358. The fourth-order valence-corrected chi connectivity index (χ4v) is 1.73. The number of hydrogen-bond donors (Lipinski definition) is 1. The lowest BCUT2D eigenvalue weighted by molar-refractivity contribution is -0.162. The Labute approximate surface area is 88.1 Å². The Morgan fingerprint density at radius 1 is 1.33 bits per heavy atom. The van der Waals surface area contributed by atoms with E-state index in [-0.39, 0.29) is 18.3 Å². The van der Waals surface area contributed by atoms with E-state index in [0.29, 0.717) is 0 Å². The molecule has 5 nitrogen and oxygen atoms in total. The molecule has 2 amide bonds. The summed E-state index contributed by atoms with van der Waals surface area (Å²) in [6.07, 6.45) is 0.437. The monoisotopic (exact) mass is 213 g/mol. The van der Waals surface area contributed by atoms with Crippen molar-refractivity contribution >= 4 is 17.8 Å². The number of amides is 2. The van der Waals surface area contributed by atoms with E-state index in [1.165, 1.54) is 6.92 Å². The molecule has 84 valence electrons. The van der Waals surface area contributed by atoms with Crippen molar-refractivity contribution in [3.8, 4) is 0 Å². The van der Waals surface area contributed by atoms with Gasteiger partial charge in [0.15, 0.2) is 0 Å². The molecule has 1 aliphatic heterocycles. The first-order chi connectivity index (χ1) is 6.74. The van der Waals surface area contributed by atoms with E-state index in [1.54, 1.807) is 0 Å². The zero-order valence-electron chi connectivity index (χ0n) is 9.11. The predicted molar refractivity (Wildman–Crippen MR) is 52.0 cm³/mol. The lowest BCUT2D eigenvalue weighted by atomic mass is 9.81. The van der Waals surface area contributed by atoms with Crippen LogP contribution in [0.1, 0.15) is 33.6 Å². The molecule has 0 aliphatic carbocycles. The van der Waals surface area contributed by atoms with Crippen LogP contribution in [0, 0.1) is 5.41 Å². The lowest BCUT2D eigenvalue weighted by Gasteiger charge is -2.36. The number of rotatable bonds is 2. The molecule has 0 aromatic heterocycles. The summed E-state index contributed by atoms with van der Waals surface area (Å²) in [6.45, 7) is 4.99. The zero-order valence-corrected chi connectivity index (χ0v) is 9.11. The number of nitrogens with zero attached hydrogens (tertiary/aromatic N) is 1. The number of likely N-dealkylation sites (tertiary alicyclic amines) is 1. The van der Waals surface area contributed by atoms with Crippen molar-refractivity contribution in [2.75, 3.05) is 0 Å². The summed E-state index contributed by atoms with van der Waals surface area (Å²) in [5, 5.41) is 8.75. The molecule has 1 unspecified atom stereocenters. The van der Waals surface area contributed by atoms with Crippen molar-refractivity contribution in [2.24, 2.45) is 5.41 Å². The van der Waals surface area contributed by atoms with Crippen molar-refractivity contribution in [2.45, 2.75) is 39.7 Å². The first kappa shape index (κ1) is 11.7. The lowest BCUT2D eigenvalue weighted by Crippen LogP contribution is -2.52. The zero-order chi connectivity index (χ0) is 11.8. The molecule has 0 aromatic carbocycles. The normalized spacial score (nSPS) is 22.7. The van der Waals surface area contributed by atoms with Crippen LogP contribution in [0.5, 0.6) is 0 Å². The van der Waals surface area contributed by atoms with E-state index in [1.807, 2.05) is 13.8 Å². The highest BCUT2D eigenvalue weighted by atomic mass is 16.4. The Balaban J connectivity index is 2.89. The number of carboxylic acids is 1. The van der Waals surface area contributed by atoms with Crippen LogP contribution in [0.4, 0.5) is 0 Å². The predicted octanol–water partition coefficient (Wildman–Crippen LogP) is 0.635. The molecule has 0 saturated carbocycles. The van der Waals surface area contributed by atoms with Gasteiger partial charge in [-0.15, -0.1) is 0 Å². The van der Waals surface area contributed by atoms with Gasteiger partial charge in [-0.25, -0.2) is 4.79 Å². The second-order valence-corrected chi connectivity index (χ2v) is 4.69. The Morgan fingerprint density at radius 3 is 2.07 bits per heavy atom. The SMILES string of the molecule is CC(C(=O)O)N1C(=O)CC(C)(C)CC1=O.